The summed E-state index contributed by atoms with van der Waals surface area (Å²) >= 11 is 0. The minimum Gasteiger partial charge on any atom is -0.325 e. The van der Waals surface area contributed by atoms with Gasteiger partial charge < -0.3 is 10.2 Å². The number of hydrogen-bond donors (Lipinski definition) is 1. The summed E-state index contributed by atoms with van der Waals surface area (Å²) in [6.07, 6.45) is -0.397. The predicted molar refractivity (Wildman–Crippen MR) is 76.3 cm³/mol. The molecule has 114 valence electrons. The molecule has 21 heavy (non-hydrogen) atoms. The molecule has 1 unspecified atom stereocenters. The largest absolute Gasteiger partial charge is 0.325 e. The van der Waals surface area contributed by atoms with Crippen molar-refractivity contribution >= 4 is 33.4 Å². The molecule has 0 radical (unpaired) electrons. The summed E-state index contributed by atoms with van der Waals surface area (Å²) in [5.74, 6) is -0.806. The van der Waals surface area contributed by atoms with Crippen LogP contribution in [0.4, 0.5) is 15.3 Å². The zero-order valence-electron chi connectivity index (χ0n) is 11.6. The smallest absolute Gasteiger partial charge is 0.307 e. The zero-order chi connectivity index (χ0) is 15.8. The van der Waals surface area contributed by atoms with Crippen LogP contribution in [-0.2, 0) is 19.8 Å². The Hall–Kier alpha value is -1.96. The number of rotatable bonds is 3. The lowest BCUT2D eigenvalue weighted by Gasteiger charge is -2.20. The number of carbonyl (C=O) groups excluding carboxylic acids is 2. The molecule has 1 saturated heterocycles. The Balaban J connectivity index is 2.39. The molecule has 2 rings (SSSR count). The Labute approximate surface area is 122 Å². The summed E-state index contributed by atoms with van der Waals surface area (Å²) < 4.78 is 35.0. The zero-order valence-corrected chi connectivity index (χ0v) is 12.4. The molecular weight excluding hydrogens is 299 g/mol. The molecule has 1 N–H and O–H groups in total. The van der Waals surface area contributed by atoms with Gasteiger partial charge in [0, 0.05) is 19.9 Å². The lowest BCUT2D eigenvalue weighted by atomic mass is 10.1. The van der Waals surface area contributed by atoms with Crippen LogP contribution in [0.25, 0.3) is 0 Å². The average molecular weight is 314 g/mol. The lowest BCUT2D eigenvalue weighted by molar-refractivity contribution is -0.117. The van der Waals surface area contributed by atoms with Crippen molar-refractivity contribution in [1.29, 1.82) is 0 Å². The van der Waals surface area contributed by atoms with Gasteiger partial charge in [0.05, 0.1) is 11.4 Å². The van der Waals surface area contributed by atoms with Crippen molar-refractivity contribution in [2.24, 2.45) is 0 Å². The number of halogens is 1. The van der Waals surface area contributed by atoms with E-state index in [2.05, 4.69) is 5.32 Å². The van der Waals surface area contributed by atoms with Crippen molar-refractivity contribution in [2.75, 3.05) is 16.8 Å². The van der Waals surface area contributed by atoms with E-state index in [0.717, 1.165) is 5.56 Å². The van der Waals surface area contributed by atoms with E-state index in [1.54, 1.807) is 25.1 Å². The number of aryl methyl sites for hydroxylation is 1. The van der Waals surface area contributed by atoms with E-state index < -0.39 is 27.8 Å². The van der Waals surface area contributed by atoms with Crippen molar-refractivity contribution < 1.29 is 21.9 Å². The van der Waals surface area contributed by atoms with Crippen LogP contribution in [0.1, 0.15) is 18.9 Å². The first-order valence-corrected chi connectivity index (χ1v) is 7.75. The molecule has 1 aliphatic heterocycles. The number of benzene rings is 1. The molecule has 1 fully saturated rings. The Morgan fingerprint density at radius 3 is 2.62 bits per heavy atom. The van der Waals surface area contributed by atoms with E-state index in [9.17, 15) is 21.9 Å². The number of nitrogens with one attached hydrogen (secondary N) is 1. The number of carbonyl (C=O) groups is 2. The van der Waals surface area contributed by atoms with Gasteiger partial charge in [-0.05, 0) is 24.6 Å². The third-order valence-corrected chi connectivity index (χ3v) is 4.35. The van der Waals surface area contributed by atoms with Crippen LogP contribution in [-0.4, -0.2) is 32.0 Å². The fourth-order valence-corrected chi connectivity index (χ4v) is 2.93. The van der Waals surface area contributed by atoms with Crippen molar-refractivity contribution in [3.05, 3.63) is 23.8 Å². The average Bonchev–Trinajstić information content (AvgIpc) is 2.73. The fraction of sp³-hybridized carbons (Fsp3) is 0.385. The second-order valence-electron chi connectivity index (χ2n) is 5.01. The summed E-state index contributed by atoms with van der Waals surface area (Å²) in [7, 11) is -4.77. The normalized spacial score (nSPS) is 18.9. The topological polar surface area (TPSA) is 83.6 Å². The van der Waals surface area contributed by atoms with Gasteiger partial charge in [0.15, 0.2) is 0 Å². The molecule has 0 bridgehead atoms. The quantitative estimate of drug-likeness (QED) is 0.854. The molecule has 0 saturated carbocycles. The maximum Gasteiger partial charge on any atom is 0.307 e. The Kier molecular flexibility index (Phi) is 3.99. The molecule has 1 heterocycles. The third-order valence-electron chi connectivity index (χ3n) is 3.24. The van der Waals surface area contributed by atoms with E-state index in [1.807, 2.05) is 0 Å². The molecule has 2 amide bonds. The van der Waals surface area contributed by atoms with Crippen LogP contribution in [0.15, 0.2) is 18.2 Å². The first-order chi connectivity index (χ1) is 9.68. The maximum atomic E-state index is 13.1. The first-order valence-electron chi connectivity index (χ1n) is 6.30. The minimum atomic E-state index is -4.77. The standard InChI is InChI=1S/C13H15FN2O4S/c1-8-3-4-11(15-9(2)17)12(5-8)16-7-10(6-13(16)18)21(14,19)20/h3-5,10H,6-7H2,1-2H3,(H,15,17). The van der Waals surface area contributed by atoms with Crippen LogP contribution in [0.2, 0.25) is 0 Å². The Bertz CT molecular complexity index is 702. The molecule has 1 atom stereocenters. The van der Waals surface area contributed by atoms with E-state index >= 15 is 0 Å². The molecule has 8 heteroatoms. The van der Waals surface area contributed by atoms with Gasteiger partial charge in [0.2, 0.25) is 11.8 Å². The Morgan fingerprint density at radius 2 is 2.10 bits per heavy atom. The minimum absolute atomic E-state index is 0.256. The van der Waals surface area contributed by atoms with Gasteiger partial charge in [-0.25, -0.2) is 0 Å². The fourth-order valence-electron chi connectivity index (χ4n) is 2.26. The van der Waals surface area contributed by atoms with Crippen molar-refractivity contribution in [3.8, 4) is 0 Å². The van der Waals surface area contributed by atoms with Gasteiger partial charge >= 0.3 is 10.2 Å². The molecular formula is C13H15FN2O4S. The first kappa shape index (κ1) is 15.4. The molecule has 0 spiro atoms. The van der Waals surface area contributed by atoms with Gasteiger partial charge in [-0.15, -0.1) is 3.89 Å². The molecule has 1 aromatic rings. The highest BCUT2D eigenvalue weighted by molar-refractivity contribution is 7.87. The summed E-state index contributed by atoms with van der Waals surface area (Å²) in [6, 6.07) is 5.02. The van der Waals surface area contributed by atoms with Crippen molar-refractivity contribution in [1.82, 2.24) is 0 Å². The van der Waals surface area contributed by atoms with E-state index in [0.29, 0.717) is 11.4 Å². The van der Waals surface area contributed by atoms with Crippen LogP contribution in [0, 0.1) is 6.92 Å². The van der Waals surface area contributed by atoms with Crippen LogP contribution >= 0.6 is 0 Å². The molecule has 6 nitrogen and oxygen atoms in total. The van der Waals surface area contributed by atoms with Crippen LogP contribution < -0.4 is 10.2 Å². The van der Waals surface area contributed by atoms with E-state index in [-0.39, 0.29) is 12.5 Å². The predicted octanol–water partition coefficient (Wildman–Crippen LogP) is 1.36. The Morgan fingerprint density at radius 1 is 1.43 bits per heavy atom. The summed E-state index contributed by atoms with van der Waals surface area (Å²) in [6.45, 7) is 2.86. The molecule has 0 aromatic heterocycles. The van der Waals surface area contributed by atoms with E-state index in [1.165, 1.54) is 11.8 Å². The number of nitrogens with zero attached hydrogens (tertiary/aromatic N) is 1. The van der Waals surface area contributed by atoms with Gasteiger partial charge in [-0.2, -0.15) is 8.42 Å². The maximum absolute atomic E-state index is 13.1. The number of hydrogen-bond acceptors (Lipinski definition) is 4. The molecule has 1 aliphatic rings. The van der Waals surface area contributed by atoms with Gasteiger partial charge in [0.1, 0.15) is 5.25 Å². The summed E-state index contributed by atoms with van der Waals surface area (Å²) in [5.41, 5.74) is 1.60. The van der Waals surface area contributed by atoms with Crippen molar-refractivity contribution in [2.45, 2.75) is 25.5 Å². The van der Waals surface area contributed by atoms with E-state index in [4.69, 9.17) is 0 Å². The van der Waals surface area contributed by atoms with Crippen molar-refractivity contribution in [3.63, 3.8) is 0 Å². The second-order valence-corrected chi connectivity index (χ2v) is 6.63. The SMILES string of the molecule is CC(=O)Nc1ccc(C)cc1N1CC(S(=O)(=O)F)CC1=O. The number of amides is 2. The number of anilines is 2. The van der Waals surface area contributed by atoms with Gasteiger partial charge in [0.25, 0.3) is 0 Å². The highest BCUT2D eigenvalue weighted by Crippen LogP contribution is 2.32. The van der Waals surface area contributed by atoms with Crippen LogP contribution in [0.3, 0.4) is 0 Å². The molecule has 0 aliphatic carbocycles. The van der Waals surface area contributed by atoms with Gasteiger partial charge in [-0.3, -0.25) is 9.59 Å². The summed E-state index contributed by atoms with van der Waals surface area (Å²) in [4.78, 5) is 24.4. The summed E-state index contributed by atoms with van der Waals surface area (Å²) in [5, 5.41) is 1.21. The molecule has 1 aromatic carbocycles. The highest BCUT2D eigenvalue weighted by Gasteiger charge is 2.39. The van der Waals surface area contributed by atoms with Gasteiger partial charge in [-0.1, -0.05) is 6.07 Å². The van der Waals surface area contributed by atoms with Crippen LogP contribution in [0.5, 0.6) is 0 Å². The second kappa shape index (κ2) is 5.44. The highest BCUT2D eigenvalue weighted by atomic mass is 32.3. The lowest BCUT2D eigenvalue weighted by Crippen LogP contribution is -2.28. The monoisotopic (exact) mass is 314 g/mol. The third kappa shape index (κ3) is 3.38.